The highest BCUT2D eigenvalue weighted by Crippen LogP contribution is 2.20. The van der Waals surface area contributed by atoms with E-state index in [1.165, 1.54) is 12.4 Å². The second-order valence-electron chi connectivity index (χ2n) is 7.22. The smallest absolute Gasteiger partial charge is 0.344 e. The molecule has 0 aliphatic rings. The van der Waals surface area contributed by atoms with Crippen LogP contribution < -0.4 is 11.0 Å². The number of aliphatic carboxylic acids is 1. The molecule has 3 aromatic rings. The van der Waals surface area contributed by atoms with Gasteiger partial charge in [-0.15, -0.1) is 0 Å². The molecule has 154 valence electrons. The van der Waals surface area contributed by atoms with E-state index < -0.39 is 29.5 Å². The van der Waals surface area contributed by atoms with E-state index in [1.54, 1.807) is 6.92 Å². The molecule has 1 heterocycles. The maximum absolute atomic E-state index is 12.5. The molecule has 1 aromatic heterocycles. The first-order valence-corrected chi connectivity index (χ1v) is 9.65. The molecule has 2 aromatic carbocycles. The zero-order valence-corrected chi connectivity index (χ0v) is 16.5. The largest absolute Gasteiger partial charge is 0.481 e. The van der Waals surface area contributed by atoms with E-state index in [2.05, 4.69) is 15.3 Å². The summed E-state index contributed by atoms with van der Waals surface area (Å²) in [5.41, 5.74) is 2.84. The molecule has 0 unspecified atom stereocenters. The van der Waals surface area contributed by atoms with Crippen LogP contribution in [0, 0.1) is 5.92 Å². The molecule has 0 saturated heterocycles. The fourth-order valence-electron chi connectivity index (χ4n) is 3.20. The molecule has 0 radical (unpaired) electrons. The molecule has 3 rings (SSSR count). The van der Waals surface area contributed by atoms with Crippen LogP contribution in [0.5, 0.6) is 0 Å². The minimum absolute atomic E-state index is 0.210. The number of aromatic amines is 1. The summed E-state index contributed by atoms with van der Waals surface area (Å²) in [5.74, 6) is -1.95. The molecular formula is C23H23N3O4. The van der Waals surface area contributed by atoms with Gasteiger partial charge in [-0.05, 0) is 29.5 Å². The van der Waals surface area contributed by atoms with E-state index in [4.69, 9.17) is 0 Å². The van der Waals surface area contributed by atoms with Gasteiger partial charge in [-0.25, -0.2) is 9.78 Å². The summed E-state index contributed by atoms with van der Waals surface area (Å²) in [6, 6.07) is 17.6. The molecule has 0 fully saturated rings. The van der Waals surface area contributed by atoms with Crippen molar-refractivity contribution in [2.24, 2.45) is 5.92 Å². The van der Waals surface area contributed by atoms with Gasteiger partial charge in [-0.2, -0.15) is 0 Å². The summed E-state index contributed by atoms with van der Waals surface area (Å²) in [5, 5.41) is 12.1. The second kappa shape index (κ2) is 9.65. The Morgan fingerprint density at radius 1 is 1.07 bits per heavy atom. The second-order valence-corrected chi connectivity index (χ2v) is 7.22. The Bertz CT molecular complexity index is 1040. The maximum atomic E-state index is 12.5. The van der Waals surface area contributed by atoms with Crippen LogP contribution >= 0.6 is 0 Å². The number of carboxylic acids is 1. The number of benzene rings is 2. The van der Waals surface area contributed by atoms with Gasteiger partial charge in [0.05, 0.1) is 11.5 Å². The number of nitrogens with one attached hydrogen (secondary N) is 2. The minimum atomic E-state index is -0.917. The van der Waals surface area contributed by atoms with Crippen LogP contribution in [0.1, 0.15) is 29.3 Å². The highest BCUT2D eigenvalue weighted by atomic mass is 16.4. The van der Waals surface area contributed by atoms with Gasteiger partial charge in [-0.1, -0.05) is 61.5 Å². The number of carboxylic acid groups (broad SMARTS) is 1. The van der Waals surface area contributed by atoms with Crippen molar-refractivity contribution in [2.45, 2.75) is 25.8 Å². The van der Waals surface area contributed by atoms with E-state index in [0.29, 0.717) is 6.42 Å². The van der Waals surface area contributed by atoms with E-state index in [9.17, 15) is 19.5 Å². The Balaban J connectivity index is 1.74. The summed E-state index contributed by atoms with van der Waals surface area (Å²) in [4.78, 5) is 40.9. The van der Waals surface area contributed by atoms with Crippen LogP contribution in [0.3, 0.4) is 0 Å². The average Bonchev–Trinajstić information content (AvgIpc) is 2.75. The summed E-state index contributed by atoms with van der Waals surface area (Å²) in [6.07, 6.45) is 3.24. The molecule has 1 amide bonds. The van der Waals surface area contributed by atoms with Crippen molar-refractivity contribution in [1.29, 1.82) is 0 Å². The lowest BCUT2D eigenvalue weighted by atomic mass is 9.94. The molecule has 3 N–H and O–H groups in total. The zero-order valence-electron chi connectivity index (χ0n) is 16.5. The number of hydrogen-bond acceptors (Lipinski definition) is 4. The number of carbonyl (C=O) groups is 2. The van der Waals surface area contributed by atoms with Crippen molar-refractivity contribution in [2.75, 3.05) is 0 Å². The Hall–Kier alpha value is -3.74. The van der Waals surface area contributed by atoms with E-state index in [1.807, 2.05) is 54.6 Å². The Kier molecular flexibility index (Phi) is 6.75. The first-order valence-electron chi connectivity index (χ1n) is 9.65. The van der Waals surface area contributed by atoms with Crippen LogP contribution in [-0.2, 0) is 11.2 Å². The van der Waals surface area contributed by atoms with Crippen LogP contribution in [0.25, 0.3) is 11.1 Å². The summed E-state index contributed by atoms with van der Waals surface area (Å²) in [6.45, 7) is 1.61. The van der Waals surface area contributed by atoms with E-state index in [-0.39, 0.29) is 12.0 Å². The van der Waals surface area contributed by atoms with Crippen LogP contribution in [0.2, 0.25) is 0 Å². The monoisotopic (exact) mass is 405 g/mol. The molecule has 0 bridgehead atoms. The maximum Gasteiger partial charge on any atom is 0.344 e. The number of nitrogens with zero attached hydrogens (tertiary/aromatic N) is 1. The molecule has 7 nitrogen and oxygen atoms in total. The molecule has 0 saturated carbocycles. The third-order valence-electron chi connectivity index (χ3n) is 4.87. The van der Waals surface area contributed by atoms with Gasteiger partial charge in [0.1, 0.15) is 0 Å². The van der Waals surface area contributed by atoms with Crippen LogP contribution in [-0.4, -0.2) is 33.0 Å². The fourth-order valence-corrected chi connectivity index (χ4v) is 3.20. The number of aromatic nitrogens is 2. The zero-order chi connectivity index (χ0) is 21.5. The highest BCUT2D eigenvalue weighted by Gasteiger charge is 2.21. The number of rotatable bonds is 8. The predicted molar refractivity (Wildman–Crippen MR) is 113 cm³/mol. The van der Waals surface area contributed by atoms with E-state index >= 15 is 0 Å². The molecule has 30 heavy (non-hydrogen) atoms. The number of carbonyl (C=O) groups excluding carboxylic acids is 1. The van der Waals surface area contributed by atoms with Gasteiger partial charge in [0.2, 0.25) is 0 Å². The molecule has 0 spiro atoms. The van der Waals surface area contributed by atoms with Crippen LogP contribution in [0.15, 0.2) is 71.8 Å². The molecule has 0 aliphatic heterocycles. The third kappa shape index (κ3) is 5.64. The number of H-pyrrole nitrogens is 1. The van der Waals surface area contributed by atoms with Gasteiger partial charge >= 0.3 is 11.7 Å². The van der Waals surface area contributed by atoms with Crippen molar-refractivity contribution in [1.82, 2.24) is 15.3 Å². The van der Waals surface area contributed by atoms with Crippen molar-refractivity contribution in [3.05, 3.63) is 88.6 Å². The Morgan fingerprint density at radius 3 is 2.33 bits per heavy atom. The van der Waals surface area contributed by atoms with Gasteiger partial charge in [0, 0.05) is 18.4 Å². The molecule has 0 aliphatic carbocycles. The lowest BCUT2D eigenvalue weighted by Crippen LogP contribution is -2.39. The van der Waals surface area contributed by atoms with Gasteiger partial charge in [-0.3, -0.25) is 9.59 Å². The quantitative estimate of drug-likeness (QED) is 0.533. The lowest BCUT2D eigenvalue weighted by molar-refractivity contribution is -0.141. The fraction of sp³-hybridized carbons (Fsp3) is 0.217. The summed E-state index contributed by atoms with van der Waals surface area (Å²) < 4.78 is 0. The van der Waals surface area contributed by atoms with Crippen molar-refractivity contribution in [3.63, 3.8) is 0 Å². The van der Waals surface area contributed by atoms with Gasteiger partial charge < -0.3 is 15.4 Å². The normalized spacial score (nSPS) is 12.7. The topological polar surface area (TPSA) is 112 Å². The average molecular weight is 405 g/mol. The third-order valence-corrected chi connectivity index (χ3v) is 4.87. The van der Waals surface area contributed by atoms with E-state index in [0.717, 1.165) is 16.7 Å². The Morgan fingerprint density at radius 2 is 1.73 bits per heavy atom. The highest BCUT2D eigenvalue weighted by molar-refractivity contribution is 5.93. The first kappa shape index (κ1) is 21.0. The van der Waals surface area contributed by atoms with Gasteiger partial charge in [0.25, 0.3) is 5.91 Å². The Labute approximate surface area is 173 Å². The standard InChI is InChI=1S/C23H23N3O4/c1-15(22(28)29)11-20(26-21(27)19-13-24-23(30)25-14-19)12-16-7-9-18(10-8-16)17-5-3-2-4-6-17/h2-10,13-15,20H,11-12H2,1H3,(H,26,27)(H,28,29)(H,24,25,30)/t15-,20+/m1/s1. The predicted octanol–water partition coefficient (Wildman–Crippen LogP) is 2.89. The molecule has 7 heteroatoms. The SMILES string of the molecule is C[C@H](C[C@@H](Cc1ccc(-c2ccccc2)cc1)NC(=O)c1cnc(=O)[nH]c1)C(=O)O. The molecular weight excluding hydrogens is 382 g/mol. The first-order chi connectivity index (χ1) is 14.4. The lowest BCUT2D eigenvalue weighted by Gasteiger charge is -2.21. The number of hydrogen-bond donors (Lipinski definition) is 3. The molecule has 2 atom stereocenters. The van der Waals surface area contributed by atoms with Crippen molar-refractivity contribution < 1.29 is 14.7 Å². The summed E-state index contributed by atoms with van der Waals surface area (Å²) >= 11 is 0. The minimum Gasteiger partial charge on any atom is -0.481 e. The van der Waals surface area contributed by atoms with Crippen molar-refractivity contribution in [3.8, 4) is 11.1 Å². The summed E-state index contributed by atoms with van der Waals surface area (Å²) in [7, 11) is 0. The van der Waals surface area contributed by atoms with Crippen molar-refractivity contribution >= 4 is 11.9 Å². The van der Waals surface area contributed by atoms with Crippen LogP contribution in [0.4, 0.5) is 0 Å². The van der Waals surface area contributed by atoms with Gasteiger partial charge in [0.15, 0.2) is 0 Å². The number of amides is 1.